The molecule has 1 heterocycles. The van der Waals surface area contributed by atoms with E-state index in [1.54, 1.807) is 0 Å². The number of rotatable bonds is 5. The molecule has 6 heteroatoms. The molecule has 78 valence electrons. The van der Waals surface area contributed by atoms with E-state index in [2.05, 4.69) is 15.5 Å². The van der Waals surface area contributed by atoms with Gasteiger partial charge in [-0.3, -0.25) is 14.7 Å². The van der Waals surface area contributed by atoms with E-state index in [-0.39, 0.29) is 11.5 Å². The van der Waals surface area contributed by atoms with Crippen LogP contribution in [-0.4, -0.2) is 22.0 Å². The summed E-state index contributed by atoms with van der Waals surface area (Å²) in [6.07, 6.45) is 1.08. The van der Waals surface area contributed by atoms with Crippen molar-refractivity contribution in [2.45, 2.75) is 19.4 Å². The number of carbonyl (C=O) groups excluding carboxylic acids is 1. The first-order valence-corrected chi connectivity index (χ1v) is 4.85. The van der Waals surface area contributed by atoms with Crippen molar-refractivity contribution < 1.29 is 4.79 Å². The predicted molar refractivity (Wildman–Crippen MR) is 53.2 cm³/mol. The number of nitrogens with one attached hydrogen (secondary N) is 3. The molecule has 0 aliphatic rings. The number of aromatic nitrogens is 2. The summed E-state index contributed by atoms with van der Waals surface area (Å²) in [5, 5.41) is 7.68. The normalized spacial score (nSPS) is 10.1. The molecule has 0 aromatic carbocycles. The minimum absolute atomic E-state index is 0.0623. The van der Waals surface area contributed by atoms with Crippen molar-refractivity contribution in [1.29, 1.82) is 0 Å². The lowest BCUT2D eigenvalue weighted by Gasteiger charge is -2.01. The highest BCUT2D eigenvalue weighted by Gasteiger charge is 2.01. The second-order valence-corrected chi connectivity index (χ2v) is 3.23. The Balaban J connectivity index is 2.27. The zero-order valence-electron chi connectivity index (χ0n) is 7.60. The largest absolute Gasteiger partial charge is 0.350 e. The van der Waals surface area contributed by atoms with Gasteiger partial charge in [-0.25, -0.2) is 0 Å². The highest BCUT2D eigenvalue weighted by atomic mass is 35.5. The summed E-state index contributed by atoms with van der Waals surface area (Å²) in [5.41, 5.74) is 0.462. The third-order valence-electron chi connectivity index (χ3n) is 1.67. The number of carbonyl (C=O) groups is 1. The Morgan fingerprint density at radius 1 is 1.50 bits per heavy atom. The number of hydrogen-bond donors (Lipinski definition) is 3. The van der Waals surface area contributed by atoms with Crippen LogP contribution in [0, 0.1) is 0 Å². The molecule has 0 unspecified atom stereocenters. The van der Waals surface area contributed by atoms with Crippen LogP contribution in [-0.2, 0) is 11.3 Å². The molecule has 0 saturated carbocycles. The Hall–Kier alpha value is -1.23. The van der Waals surface area contributed by atoms with Crippen molar-refractivity contribution in [3.8, 4) is 0 Å². The van der Waals surface area contributed by atoms with Gasteiger partial charge in [-0.2, -0.15) is 0 Å². The first-order chi connectivity index (χ1) is 6.72. The average molecular weight is 218 g/mol. The van der Waals surface area contributed by atoms with Crippen molar-refractivity contribution in [3.05, 3.63) is 22.1 Å². The van der Waals surface area contributed by atoms with E-state index in [0.717, 1.165) is 0 Å². The topological polar surface area (TPSA) is 77.8 Å². The Bertz CT molecular complexity index is 344. The molecule has 0 atom stereocenters. The monoisotopic (exact) mass is 217 g/mol. The Morgan fingerprint density at radius 3 is 2.86 bits per heavy atom. The molecule has 0 spiro atoms. The summed E-state index contributed by atoms with van der Waals surface area (Å²) >= 11 is 5.43. The summed E-state index contributed by atoms with van der Waals surface area (Å²) in [6.45, 7) is 0.333. The Morgan fingerprint density at radius 2 is 2.29 bits per heavy atom. The summed E-state index contributed by atoms with van der Waals surface area (Å²) in [6, 6.07) is 1.40. The molecule has 0 fully saturated rings. The fourth-order valence-electron chi connectivity index (χ4n) is 0.977. The van der Waals surface area contributed by atoms with Gasteiger partial charge in [-0.05, 0) is 6.42 Å². The molecule has 1 aromatic heterocycles. The number of H-pyrrole nitrogens is 2. The van der Waals surface area contributed by atoms with Gasteiger partial charge in [-0.15, -0.1) is 11.6 Å². The fraction of sp³-hybridized carbons (Fsp3) is 0.500. The van der Waals surface area contributed by atoms with Gasteiger partial charge in [0.25, 0.3) is 5.56 Å². The standard InChI is InChI=1S/C8H12ClN3O2/c9-3-1-2-7(13)10-5-6-4-8(14)12-11-6/h4H,1-3,5H2,(H,10,13)(H2,11,12,14). The van der Waals surface area contributed by atoms with Gasteiger partial charge in [0.1, 0.15) is 0 Å². The van der Waals surface area contributed by atoms with Crippen molar-refractivity contribution >= 4 is 17.5 Å². The van der Waals surface area contributed by atoms with Gasteiger partial charge in [0.15, 0.2) is 0 Å². The maximum atomic E-state index is 11.1. The molecular formula is C8H12ClN3O2. The number of amides is 1. The van der Waals surface area contributed by atoms with Crippen molar-refractivity contribution in [2.24, 2.45) is 0 Å². The van der Waals surface area contributed by atoms with Gasteiger partial charge in [-0.1, -0.05) is 0 Å². The molecule has 0 radical (unpaired) electrons. The second kappa shape index (κ2) is 5.49. The van der Waals surface area contributed by atoms with Crippen LogP contribution in [0.4, 0.5) is 0 Å². The van der Waals surface area contributed by atoms with Gasteiger partial charge < -0.3 is 10.4 Å². The van der Waals surface area contributed by atoms with Crippen LogP contribution in [0.5, 0.6) is 0 Å². The fourth-order valence-corrected chi connectivity index (χ4v) is 1.11. The molecule has 0 aliphatic carbocycles. The first-order valence-electron chi connectivity index (χ1n) is 4.31. The van der Waals surface area contributed by atoms with Gasteiger partial charge in [0.05, 0.1) is 12.2 Å². The number of alkyl halides is 1. The van der Waals surface area contributed by atoms with Crippen LogP contribution in [0.2, 0.25) is 0 Å². The molecule has 0 aliphatic heterocycles. The van der Waals surface area contributed by atoms with Crippen LogP contribution in [0.3, 0.4) is 0 Å². The molecule has 0 saturated heterocycles. The van der Waals surface area contributed by atoms with Crippen LogP contribution < -0.4 is 10.9 Å². The van der Waals surface area contributed by atoms with E-state index >= 15 is 0 Å². The average Bonchev–Trinajstić information content (AvgIpc) is 2.58. The van der Waals surface area contributed by atoms with Crippen molar-refractivity contribution in [1.82, 2.24) is 15.5 Å². The second-order valence-electron chi connectivity index (χ2n) is 2.85. The van der Waals surface area contributed by atoms with E-state index < -0.39 is 0 Å². The van der Waals surface area contributed by atoms with Crippen LogP contribution in [0.1, 0.15) is 18.5 Å². The van der Waals surface area contributed by atoms with Crippen LogP contribution in [0.15, 0.2) is 10.9 Å². The number of hydrogen-bond acceptors (Lipinski definition) is 2. The third-order valence-corrected chi connectivity index (χ3v) is 1.93. The molecule has 5 nitrogen and oxygen atoms in total. The van der Waals surface area contributed by atoms with E-state index in [1.807, 2.05) is 0 Å². The van der Waals surface area contributed by atoms with Crippen LogP contribution in [0.25, 0.3) is 0 Å². The van der Waals surface area contributed by atoms with Gasteiger partial charge in [0.2, 0.25) is 5.91 Å². The first kappa shape index (κ1) is 10.8. The highest BCUT2D eigenvalue weighted by molar-refractivity contribution is 6.17. The van der Waals surface area contributed by atoms with Gasteiger partial charge in [0, 0.05) is 18.4 Å². The number of halogens is 1. The van der Waals surface area contributed by atoms with Crippen molar-refractivity contribution in [2.75, 3.05) is 5.88 Å². The summed E-state index contributed by atoms with van der Waals surface area (Å²) < 4.78 is 0. The maximum absolute atomic E-state index is 11.1. The summed E-state index contributed by atoms with van der Waals surface area (Å²) in [4.78, 5) is 21.8. The zero-order chi connectivity index (χ0) is 10.4. The molecule has 1 rings (SSSR count). The van der Waals surface area contributed by atoms with E-state index in [1.165, 1.54) is 6.07 Å². The van der Waals surface area contributed by atoms with E-state index in [4.69, 9.17) is 11.6 Å². The summed E-state index contributed by atoms with van der Waals surface area (Å²) in [7, 11) is 0. The van der Waals surface area contributed by atoms with Crippen molar-refractivity contribution in [3.63, 3.8) is 0 Å². The van der Waals surface area contributed by atoms with E-state index in [0.29, 0.717) is 31.0 Å². The SMILES string of the molecule is O=C(CCCCl)NCc1cc(=O)[nH][nH]1. The Kier molecular flexibility index (Phi) is 4.25. The zero-order valence-corrected chi connectivity index (χ0v) is 8.36. The maximum Gasteiger partial charge on any atom is 0.264 e. The number of aromatic amines is 2. The van der Waals surface area contributed by atoms with E-state index in [9.17, 15) is 9.59 Å². The molecule has 0 bridgehead atoms. The predicted octanol–water partition coefficient (Wildman–Crippen LogP) is 0.338. The lowest BCUT2D eigenvalue weighted by atomic mass is 10.3. The summed E-state index contributed by atoms with van der Waals surface area (Å²) in [5.74, 6) is 0.418. The minimum Gasteiger partial charge on any atom is -0.350 e. The lowest BCUT2D eigenvalue weighted by Crippen LogP contribution is -2.22. The van der Waals surface area contributed by atoms with Crippen LogP contribution >= 0.6 is 11.6 Å². The highest BCUT2D eigenvalue weighted by Crippen LogP contribution is 1.93. The minimum atomic E-state index is -0.199. The molecule has 14 heavy (non-hydrogen) atoms. The molecular weight excluding hydrogens is 206 g/mol. The molecule has 1 aromatic rings. The van der Waals surface area contributed by atoms with Gasteiger partial charge >= 0.3 is 0 Å². The molecule has 1 amide bonds. The molecule has 3 N–H and O–H groups in total. The quantitative estimate of drug-likeness (QED) is 0.622. The Labute approximate surface area is 85.8 Å². The smallest absolute Gasteiger partial charge is 0.264 e. The third kappa shape index (κ3) is 3.66. The lowest BCUT2D eigenvalue weighted by molar-refractivity contribution is -0.121.